The molecule has 2 N–H and O–H groups in total. The van der Waals surface area contributed by atoms with E-state index in [1.807, 2.05) is 36.5 Å². The quantitative estimate of drug-likeness (QED) is 0.770. The molecule has 0 aliphatic carbocycles. The van der Waals surface area contributed by atoms with Crippen LogP contribution in [-0.2, 0) is 0 Å². The van der Waals surface area contributed by atoms with Crippen LogP contribution in [0.25, 0.3) is 22.3 Å². The Hall–Kier alpha value is -2.49. The lowest BCUT2D eigenvalue weighted by atomic mass is 10.1. The molecular formula is C16H16N4. The van der Waals surface area contributed by atoms with E-state index in [1.54, 1.807) is 6.07 Å². The maximum Gasteiger partial charge on any atom is 0.159 e. The van der Waals surface area contributed by atoms with Crippen LogP contribution in [0.5, 0.6) is 0 Å². The van der Waals surface area contributed by atoms with E-state index >= 15 is 0 Å². The van der Waals surface area contributed by atoms with Crippen molar-refractivity contribution < 1.29 is 0 Å². The summed E-state index contributed by atoms with van der Waals surface area (Å²) in [6.45, 7) is 4.25. The SMILES string of the molecule is CC(C)c1ccnc(-c2ccc3nc(N)ccc3c2)n1. The zero-order valence-electron chi connectivity index (χ0n) is 11.5. The first kappa shape index (κ1) is 12.5. The number of anilines is 1. The number of hydrogen-bond acceptors (Lipinski definition) is 4. The largest absolute Gasteiger partial charge is 0.384 e. The molecule has 0 unspecified atom stereocenters. The van der Waals surface area contributed by atoms with E-state index in [9.17, 15) is 0 Å². The molecule has 100 valence electrons. The second kappa shape index (κ2) is 4.89. The third kappa shape index (κ3) is 2.32. The summed E-state index contributed by atoms with van der Waals surface area (Å²) in [4.78, 5) is 13.3. The fourth-order valence-electron chi connectivity index (χ4n) is 2.11. The molecular weight excluding hydrogens is 248 g/mol. The number of rotatable bonds is 2. The van der Waals surface area contributed by atoms with E-state index in [1.165, 1.54) is 0 Å². The Bertz CT molecular complexity index is 765. The van der Waals surface area contributed by atoms with Crippen molar-refractivity contribution in [1.82, 2.24) is 15.0 Å². The summed E-state index contributed by atoms with van der Waals surface area (Å²) >= 11 is 0. The molecule has 3 rings (SSSR count). The maximum absolute atomic E-state index is 5.69. The lowest BCUT2D eigenvalue weighted by Gasteiger charge is -2.07. The monoisotopic (exact) mass is 264 g/mol. The second-order valence-corrected chi connectivity index (χ2v) is 5.10. The van der Waals surface area contributed by atoms with Crippen LogP contribution in [0.4, 0.5) is 5.82 Å². The van der Waals surface area contributed by atoms with Crippen LogP contribution in [0.3, 0.4) is 0 Å². The van der Waals surface area contributed by atoms with Crippen molar-refractivity contribution in [2.24, 2.45) is 0 Å². The summed E-state index contributed by atoms with van der Waals surface area (Å²) in [7, 11) is 0. The number of fused-ring (bicyclic) bond motifs is 1. The van der Waals surface area contributed by atoms with Gasteiger partial charge in [0.25, 0.3) is 0 Å². The minimum Gasteiger partial charge on any atom is -0.384 e. The number of pyridine rings is 1. The topological polar surface area (TPSA) is 64.7 Å². The number of nitrogens with two attached hydrogens (primary N) is 1. The molecule has 0 saturated heterocycles. The van der Waals surface area contributed by atoms with E-state index in [4.69, 9.17) is 5.73 Å². The summed E-state index contributed by atoms with van der Waals surface area (Å²) < 4.78 is 0. The Morgan fingerprint density at radius 2 is 1.85 bits per heavy atom. The summed E-state index contributed by atoms with van der Waals surface area (Å²) in [6, 6.07) is 11.7. The Kier molecular flexibility index (Phi) is 3.06. The smallest absolute Gasteiger partial charge is 0.159 e. The fraction of sp³-hybridized carbons (Fsp3) is 0.188. The minimum atomic E-state index is 0.388. The molecule has 2 aromatic heterocycles. The van der Waals surface area contributed by atoms with Crippen molar-refractivity contribution in [3.05, 3.63) is 48.3 Å². The van der Waals surface area contributed by atoms with E-state index in [2.05, 4.69) is 28.8 Å². The van der Waals surface area contributed by atoms with Crippen molar-refractivity contribution in [2.45, 2.75) is 19.8 Å². The van der Waals surface area contributed by atoms with Gasteiger partial charge in [-0.15, -0.1) is 0 Å². The average molecular weight is 264 g/mol. The number of aromatic nitrogens is 3. The molecule has 3 aromatic rings. The van der Waals surface area contributed by atoms with E-state index in [0.29, 0.717) is 11.7 Å². The van der Waals surface area contributed by atoms with Gasteiger partial charge in [0.15, 0.2) is 5.82 Å². The van der Waals surface area contributed by atoms with Gasteiger partial charge >= 0.3 is 0 Å². The third-order valence-electron chi connectivity index (χ3n) is 3.24. The van der Waals surface area contributed by atoms with Crippen molar-refractivity contribution in [1.29, 1.82) is 0 Å². The zero-order valence-corrected chi connectivity index (χ0v) is 11.5. The van der Waals surface area contributed by atoms with Crippen molar-refractivity contribution >= 4 is 16.7 Å². The molecule has 0 saturated carbocycles. The Balaban J connectivity index is 2.10. The summed E-state index contributed by atoms with van der Waals surface area (Å²) in [5.74, 6) is 1.66. The third-order valence-corrected chi connectivity index (χ3v) is 3.24. The van der Waals surface area contributed by atoms with Gasteiger partial charge in [-0.1, -0.05) is 13.8 Å². The highest BCUT2D eigenvalue weighted by atomic mass is 14.9. The van der Waals surface area contributed by atoms with E-state index < -0.39 is 0 Å². The predicted octanol–water partition coefficient (Wildman–Crippen LogP) is 3.40. The molecule has 1 aromatic carbocycles. The highest BCUT2D eigenvalue weighted by molar-refractivity contribution is 5.84. The van der Waals surface area contributed by atoms with Crippen LogP contribution >= 0.6 is 0 Å². The van der Waals surface area contributed by atoms with Crippen molar-refractivity contribution in [3.8, 4) is 11.4 Å². The summed E-state index contributed by atoms with van der Waals surface area (Å²) in [5.41, 5.74) is 8.61. The Morgan fingerprint density at radius 1 is 1.00 bits per heavy atom. The van der Waals surface area contributed by atoms with Gasteiger partial charge in [-0.2, -0.15) is 0 Å². The second-order valence-electron chi connectivity index (χ2n) is 5.10. The Morgan fingerprint density at radius 3 is 2.65 bits per heavy atom. The standard InChI is InChI=1S/C16H16N4/c1-10(2)13-7-8-18-16(20-13)12-3-5-14-11(9-12)4-6-15(17)19-14/h3-10H,1-2H3,(H2,17,19). The van der Waals surface area contributed by atoms with Crippen LogP contribution < -0.4 is 5.73 Å². The van der Waals surface area contributed by atoms with Gasteiger partial charge in [-0.25, -0.2) is 15.0 Å². The van der Waals surface area contributed by atoms with Gasteiger partial charge in [0, 0.05) is 22.8 Å². The molecule has 0 amide bonds. The summed E-state index contributed by atoms with van der Waals surface area (Å²) in [5, 5.41) is 1.04. The molecule has 0 spiro atoms. The van der Waals surface area contributed by atoms with Crippen LogP contribution in [0.2, 0.25) is 0 Å². The summed E-state index contributed by atoms with van der Waals surface area (Å²) in [6.07, 6.45) is 1.81. The minimum absolute atomic E-state index is 0.388. The van der Waals surface area contributed by atoms with Gasteiger partial charge in [0.1, 0.15) is 5.82 Å². The number of nitrogens with zero attached hydrogens (tertiary/aromatic N) is 3. The molecule has 0 aliphatic heterocycles. The molecule has 20 heavy (non-hydrogen) atoms. The molecule has 0 bridgehead atoms. The molecule has 4 heteroatoms. The normalized spacial score (nSPS) is 11.2. The van der Waals surface area contributed by atoms with Gasteiger partial charge in [-0.05, 0) is 42.3 Å². The highest BCUT2D eigenvalue weighted by Gasteiger charge is 2.06. The van der Waals surface area contributed by atoms with Gasteiger partial charge in [-0.3, -0.25) is 0 Å². The van der Waals surface area contributed by atoms with E-state index in [0.717, 1.165) is 28.0 Å². The Labute approximate surface area is 117 Å². The highest BCUT2D eigenvalue weighted by Crippen LogP contribution is 2.22. The molecule has 0 radical (unpaired) electrons. The first-order valence-corrected chi connectivity index (χ1v) is 6.63. The van der Waals surface area contributed by atoms with Crippen LogP contribution in [0.1, 0.15) is 25.5 Å². The first-order chi connectivity index (χ1) is 9.63. The number of nitrogen functional groups attached to an aromatic ring is 1. The van der Waals surface area contributed by atoms with Gasteiger partial charge in [0.2, 0.25) is 0 Å². The van der Waals surface area contributed by atoms with Gasteiger partial charge in [0.05, 0.1) is 5.52 Å². The number of benzene rings is 1. The first-order valence-electron chi connectivity index (χ1n) is 6.63. The number of hydrogen-bond donors (Lipinski definition) is 1. The maximum atomic E-state index is 5.69. The van der Waals surface area contributed by atoms with Gasteiger partial charge < -0.3 is 5.73 Å². The van der Waals surface area contributed by atoms with Crippen LogP contribution in [-0.4, -0.2) is 15.0 Å². The molecule has 2 heterocycles. The lowest BCUT2D eigenvalue weighted by Crippen LogP contribution is -1.97. The van der Waals surface area contributed by atoms with Crippen LogP contribution in [0.15, 0.2) is 42.6 Å². The van der Waals surface area contributed by atoms with Crippen molar-refractivity contribution in [2.75, 3.05) is 5.73 Å². The fourth-order valence-corrected chi connectivity index (χ4v) is 2.11. The average Bonchev–Trinajstić information content (AvgIpc) is 2.47. The zero-order chi connectivity index (χ0) is 14.1. The van der Waals surface area contributed by atoms with E-state index in [-0.39, 0.29) is 0 Å². The predicted molar refractivity (Wildman–Crippen MR) is 81.3 cm³/mol. The van der Waals surface area contributed by atoms with Crippen LogP contribution in [0, 0.1) is 0 Å². The lowest BCUT2D eigenvalue weighted by molar-refractivity contribution is 0.817. The molecule has 0 fully saturated rings. The molecule has 0 aliphatic rings. The molecule has 4 nitrogen and oxygen atoms in total. The van der Waals surface area contributed by atoms with Crippen molar-refractivity contribution in [3.63, 3.8) is 0 Å². The molecule has 0 atom stereocenters.